The highest BCUT2D eigenvalue weighted by Crippen LogP contribution is 2.44. The summed E-state index contributed by atoms with van der Waals surface area (Å²) in [6, 6.07) is 3.41. The number of nitrogens with one attached hydrogen (secondary N) is 1. The molecule has 0 aliphatic carbocycles. The Morgan fingerprint density at radius 1 is 1.34 bits per heavy atom. The molecular formula is C19H23Cl2N5O2S. The molecule has 10 heteroatoms. The molecule has 0 saturated heterocycles. The highest BCUT2D eigenvalue weighted by Gasteiger charge is 2.33. The molecule has 2 aromatic rings. The minimum atomic E-state index is -0.276. The van der Waals surface area contributed by atoms with Gasteiger partial charge >= 0.3 is 0 Å². The van der Waals surface area contributed by atoms with E-state index in [-0.39, 0.29) is 17.1 Å². The van der Waals surface area contributed by atoms with Crippen LogP contribution in [0.2, 0.25) is 10.0 Å². The number of halogens is 2. The minimum Gasteiger partial charge on any atom is -0.491 e. The van der Waals surface area contributed by atoms with Crippen molar-refractivity contribution in [2.24, 2.45) is 0 Å². The van der Waals surface area contributed by atoms with Crippen molar-refractivity contribution in [2.45, 2.75) is 23.6 Å². The molecule has 1 aromatic carbocycles. The quantitative estimate of drug-likeness (QED) is 0.619. The molecule has 2 heterocycles. The third-order valence-electron chi connectivity index (χ3n) is 4.35. The molecule has 1 aromatic heterocycles. The number of nitrogen functional groups attached to an aromatic ring is 1. The molecule has 0 saturated carbocycles. The maximum absolute atomic E-state index is 12.3. The molecule has 1 atom stereocenters. The average molecular weight is 456 g/mol. The van der Waals surface area contributed by atoms with E-state index in [2.05, 4.69) is 15.3 Å². The maximum Gasteiger partial charge on any atom is 0.233 e. The summed E-state index contributed by atoms with van der Waals surface area (Å²) in [7, 11) is 3.93. The van der Waals surface area contributed by atoms with Crippen LogP contribution in [-0.4, -0.2) is 59.8 Å². The van der Waals surface area contributed by atoms with Crippen molar-refractivity contribution in [3.63, 3.8) is 0 Å². The normalized spacial score (nSPS) is 15.4. The first-order valence-corrected chi connectivity index (χ1v) is 10.8. The second kappa shape index (κ2) is 9.38. The molecule has 0 spiro atoms. The predicted molar refractivity (Wildman–Crippen MR) is 118 cm³/mol. The summed E-state index contributed by atoms with van der Waals surface area (Å²) in [5.41, 5.74) is 8.04. The van der Waals surface area contributed by atoms with Gasteiger partial charge in [0.25, 0.3) is 0 Å². The lowest BCUT2D eigenvalue weighted by molar-refractivity contribution is -0.120. The van der Waals surface area contributed by atoms with Gasteiger partial charge in [0.15, 0.2) is 0 Å². The predicted octanol–water partition coefficient (Wildman–Crippen LogP) is 3.13. The number of aromatic nitrogens is 2. The molecule has 0 fully saturated rings. The topological polar surface area (TPSA) is 93.4 Å². The van der Waals surface area contributed by atoms with Gasteiger partial charge in [-0.3, -0.25) is 4.79 Å². The monoisotopic (exact) mass is 455 g/mol. The number of fused-ring (bicyclic) bond motifs is 1. The number of benzene rings is 1. The van der Waals surface area contributed by atoms with Crippen LogP contribution in [0.15, 0.2) is 17.2 Å². The highest BCUT2D eigenvalue weighted by atomic mass is 35.5. The number of rotatable bonds is 7. The van der Waals surface area contributed by atoms with Crippen molar-refractivity contribution in [3.05, 3.63) is 27.7 Å². The Balaban J connectivity index is 1.97. The summed E-state index contributed by atoms with van der Waals surface area (Å²) in [6.07, 6.45) is 0.497. The van der Waals surface area contributed by atoms with Gasteiger partial charge in [-0.2, -0.15) is 0 Å². The number of amides is 1. The van der Waals surface area contributed by atoms with Crippen LogP contribution in [0.4, 0.5) is 5.95 Å². The van der Waals surface area contributed by atoms with Crippen LogP contribution in [0.5, 0.6) is 5.75 Å². The first-order chi connectivity index (χ1) is 13.8. The molecule has 0 radical (unpaired) electrons. The molecule has 3 N–H and O–H groups in total. The van der Waals surface area contributed by atoms with Crippen molar-refractivity contribution < 1.29 is 9.53 Å². The number of hydrogen-bond donors (Lipinski definition) is 2. The van der Waals surface area contributed by atoms with Crippen molar-refractivity contribution in [2.75, 3.05) is 39.5 Å². The second-order valence-electron chi connectivity index (χ2n) is 6.83. The summed E-state index contributed by atoms with van der Waals surface area (Å²) in [6.45, 7) is 3.69. The van der Waals surface area contributed by atoms with Crippen LogP contribution in [0.25, 0.3) is 11.3 Å². The number of hydrogen-bond acceptors (Lipinski definition) is 7. The fourth-order valence-corrected chi connectivity index (χ4v) is 4.65. The average Bonchev–Trinajstić information content (AvgIpc) is 3.07. The molecule has 3 rings (SSSR count). The molecule has 1 amide bonds. The molecule has 156 valence electrons. The lowest BCUT2D eigenvalue weighted by Gasteiger charge is -2.15. The fourth-order valence-electron chi connectivity index (χ4n) is 2.94. The van der Waals surface area contributed by atoms with E-state index in [1.54, 1.807) is 12.1 Å². The number of anilines is 1. The van der Waals surface area contributed by atoms with Crippen LogP contribution in [0, 0.1) is 0 Å². The van der Waals surface area contributed by atoms with Crippen molar-refractivity contribution in [3.8, 4) is 17.0 Å². The SMILES string of the molecule is CCNC(=O)C1Cc2c(nc(N)nc2-c2cc(OCCN(C)C)c(Cl)cc2Cl)S1. The van der Waals surface area contributed by atoms with E-state index in [1.165, 1.54) is 11.8 Å². The van der Waals surface area contributed by atoms with E-state index in [4.69, 9.17) is 33.7 Å². The van der Waals surface area contributed by atoms with Crippen molar-refractivity contribution in [1.29, 1.82) is 0 Å². The van der Waals surface area contributed by atoms with E-state index in [9.17, 15) is 4.79 Å². The highest BCUT2D eigenvalue weighted by molar-refractivity contribution is 8.00. The fraction of sp³-hybridized carbons (Fsp3) is 0.421. The van der Waals surface area contributed by atoms with Gasteiger partial charge in [-0.15, -0.1) is 0 Å². The zero-order chi connectivity index (χ0) is 21.1. The van der Waals surface area contributed by atoms with Crippen LogP contribution in [-0.2, 0) is 11.2 Å². The van der Waals surface area contributed by atoms with Crippen LogP contribution < -0.4 is 15.8 Å². The first-order valence-electron chi connectivity index (χ1n) is 9.17. The van der Waals surface area contributed by atoms with Crippen molar-refractivity contribution >= 4 is 46.8 Å². The van der Waals surface area contributed by atoms with Gasteiger partial charge in [-0.1, -0.05) is 35.0 Å². The molecule has 1 aliphatic rings. The van der Waals surface area contributed by atoms with E-state index in [1.807, 2.05) is 25.9 Å². The maximum atomic E-state index is 12.3. The summed E-state index contributed by atoms with van der Waals surface area (Å²) in [5, 5.41) is 4.13. The summed E-state index contributed by atoms with van der Waals surface area (Å²) < 4.78 is 5.83. The lowest BCUT2D eigenvalue weighted by Crippen LogP contribution is -2.32. The number of carbonyl (C=O) groups is 1. The second-order valence-corrected chi connectivity index (χ2v) is 8.84. The number of nitrogens with zero attached hydrogens (tertiary/aromatic N) is 3. The number of thioether (sulfide) groups is 1. The largest absolute Gasteiger partial charge is 0.491 e. The smallest absolute Gasteiger partial charge is 0.233 e. The Kier molecular flexibility index (Phi) is 7.10. The van der Waals surface area contributed by atoms with Gasteiger partial charge in [0.2, 0.25) is 11.9 Å². The van der Waals surface area contributed by atoms with Crippen LogP contribution in [0.1, 0.15) is 12.5 Å². The Bertz CT molecular complexity index is 926. The Labute approximate surface area is 184 Å². The Morgan fingerprint density at radius 3 is 2.79 bits per heavy atom. The molecule has 7 nitrogen and oxygen atoms in total. The first kappa shape index (κ1) is 22.0. The molecule has 1 aliphatic heterocycles. The Morgan fingerprint density at radius 2 is 2.10 bits per heavy atom. The van der Waals surface area contributed by atoms with Gasteiger partial charge in [-0.25, -0.2) is 9.97 Å². The van der Waals surface area contributed by atoms with E-state index in [0.29, 0.717) is 51.7 Å². The zero-order valence-corrected chi connectivity index (χ0v) is 18.8. The number of ether oxygens (including phenoxy) is 1. The number of nitrogens with two attached hydrogens (primary N) is 1. The summed E-state index contributed by atoms with van der Waals surface area (Å²) >= 11 is 14.2. The Hall–Kier alpha value is -1.74. The van der Waals surface area contributed by atoms with Gasteiger partial charge in [0, 0.05) is 24.2 Å². The summed E-state index contributed by atoms with van der Waals surface area (Å²) in [4.78, 5) is 23.1. The zero-order valence-electron chi connectivity index (χ0n) is 16.5. The van der Waals surface area contributed by atoms with E-state index >= 15 is 0 Å². The third kappa shape index (κ3) is 5.06. The van der Waals surface area contributed by atoms with Gasteiger partial charge in [0.05, 0.1) is 21.0 Å². The van der Waals surface area contributed by atoms with Gasteiger partial charge < -0.3 is 20.7 Å². The third-order valence-corrected chi connectivity index (χ3v) is 6.18. The van der Waals surface area contributed by atoms with Crippen LogP contribution >= 0.6 is 35.0 Å². The molecular weight excluding hydrogens is 433 g/mol. The minimum absolute atomic E-state index is 0.0325. The molecule has 1 unspecified atom stereocenters. The van der Waals surface area contributed by atoms with Crippen molar-refractivity contribution in [1.82, 2.24) is 20.2 Å². The number of likely N-dealkylation sites (N-methyl/N-ethyl adjacent to an activating group) is 1. The number of carbonyl (C=O) groups excluding carboxylic acids is 1. The summed E-state index contributed by atoms with van der Waals surface area (Å²) in [5.74, 6) is 0.614. The van der Waals surface area contributed by atoms with Crippen LogP contribution in [0.3, 0.4) is 0 Å². The molecule has 0 bridgehead atoms. The molecule has 29 heavy (non-hydrogen) atoms. The van der Waals surface area contributed by atoms with Gasteiger partial charge in [-0.05, 0) is 39.6 Å². The van der Waals surface area contributed by atoms with E-state index in [0.717, 1.165) is 12.1 Å². The van der Waals surface area contributed by atoms with Gasteiger partial charge in [0.1, 0.15) is 17.4 Å². The lowest BCUT2D eigenvalue weighted by atomic mass is 10.0. The van der Waals surface area contributed by atoms with E-state index < -0.39 is 0 Å². The standard InChI is InChI=1S/C19H23Cl2N5O2S/c1-4-23-17(27)15-8-11-16(24-19(22)25-18(11)29-15)10-7-14(13(21)9-12(10)20)28-6-5-26(2)3/h7,9,15H,4-6,8H2,1-3H3,(H,23,27)(H2,22,24,25).